The normalized spacial score (nSPS) is 26.9. The van der Waals surface area contributed by atoms with Gasteiger partial charge in [0.1, 0.15) is 10.6 Å². The highest BCUT2D eigenvalue weighted by Crippen LogP contribution is 2.34. The van der Waals surface area contributed by atoms with Crippen molar-refractivity contribution in [1.82, 2.24) is 9.80 Å². The standard InChI is InChI=1S/C18H28N2O5S2/c1-4-19-7-9-20(10-8-19)15-12-26(21,22)13-18(15)27(23,24)17-11-14(2)5-6-16(17)25-3/h5-6,11,15,18H,4,7-10,12-13H2,1-3H3/t15-,18+/m0/s1. The summed E-state index contributed by atoms with van der Waals surface area (Å²) in [5, 5.41) is -0.966. The van der Waals surface area contributed by atoms with Gasteiger partial charge in [-0.15, -0.1) is 0 Å². The van der Waals surface area contributed by atoms with Crippen LogP contribution in [0.3, 0.4) is 0 Å². The van der Waals surface area contributed by atoms with Crippen LogP contribution in [0.25, 0.3) is 0 Å². The summed E-state index contributed by atoms with van der Waals surface area (Å²) in [7, 11) is -5.83. The van der Waals surface area contributed by atoms with E-state index in [4.69, 9.17) is 4.74 Å². The SMILES string of the molecule is CCN1CCN([C@H]2CS(=O)(=O)C[C@H]2S(=O)(=O)c2cc(C)ccc2OC)CC1. The molecule has 0 amide bonds. The number of benzene rings is 1. The molecule has 2 aliphatic rings. The third-order valence-corrected chi connectivity index (χ3v) is 9.76. The summed E-state index contributed by atoms with van der Waals surface area (Å²) in [6.07, 6.45) is 0. The van der Waals surface area contributed by atoms with Crippen LogP contribution in [0.1, 0.15) is 12.5 Å². The fraction of sp³-hybridized carbons (Fsp3) is 0.667. The smallest absolute Gasteiger partial charge is 0.187 e. The number of rotatable bonds is 5. The molecule has 0 bridgehead atoms. The molecule has 0 aliphatic carbocycles. The number of ether oxygens (including phenoxy) is 1. The van der Waals surface area contributed by atoms with Crippen molar-refractivity contribution in [3.63, 3.8) is 0 Å². The topological polar surface area (TPSA) is 84.0 Å². The number of sulfone groups is 2. The Morgan fingerprint density at radius 3 is 2.41 bits per heavy atom. The lowest BCUT2D eigenvalue weighted by molar-refractivity contribution is 0.109. The van der Waals surface area contributed by atoms with Crippen LogP contribution in [-0.2, 0) is 19.7 Å². The first-order valence-electron chi connectivity index (χ1n) is 9.23. The van der Waals surface area contributed by atoms with E-state index in [1.807, 2.05) is 11.8 Å². The average molecular weight is 417 g/mol. The van der Waals surface area contributed by atoms with Crippen molar-refractivity contribution < 1.29 is 21.6 Å². The Labute approximate surface area is 162 Å². The Kier molecular flexibility index (Phi) is 5.86. The van der Waals surface area contributed by atoms with Crippen LogP contribution < -0.4 is 4.74 Å². The van der Waals surface area contributed by atoms with E-state index in [0.29, 0.717) is 13.1 Å². The summed E-state index contributed by atoms with van der Waals surface area (Å²) >= 11 is 0. The van der Waals surface area contributed by atoms with Crippen LogP contribution in [0.2, 0.25) is 0 Å². The summed E-state index contributed by atoms with van der Waals surface area (Å²) in [4.78, 5) is 4.41. The van der Waals surface area contributed by atoms with E-state index in [2.05, 4.69) is 11.8 Å². The lowest BCUT2D eigenvalue weighted by Crippen LogP contribution is -2.54. The lowest BCUT2D eigenvalue weighted by atomic mass is 10.2. The van der Waals surface area contributed by atoms with Gasteiger partial charge in [-0.05, 0) is 31.2 Å². The van der Waals surface area contributed by atoms with Gasteiger partial charge in [0.15, 0.2) is 19.7 Å². The molecule has 2 atom stereocenters. The molecular weight excluding hydrogens is 388 g/mol. The van der Waals surface area contributed by atoms with Gasteiger partial charge in [-0.3, -0.25) is 4.90 Å². The number of hydrogen-bond acceptors (Lipinski definition) is 7. The molecule has 0 unspecified atom stereocenters. The third kappa shape index (κ3) is 4.16. The zero-order chi connectivity index (χ0) is 19.8. The predicted octanol–water partition coefficient (Wildman–Crippen LogP) is 0.580. The van der Waals surface area contributed by atoms with Gasteiger partial charge in [0.05, 0.1) is 23.9 Å². The van der Waals surface area contributed by atoms with E-state index in [-0.39, 0.29) is 22.2 Å². The highest BCUT2D eigenvalue weighted by molar-refractivity contribution is 7.96. The van der Waals surface area contributed by atoms with Crippen LogP contribution in [0.4, 0.5) is 0 Å². The summed E-state index contributed by atoms with van der Waals surface area (Å²) in [5.41, 5.74) is 0.795. The van der Waals surface area contributed by atoms with Gasteiger partial charge in [-0.2, -0.15) is 0 Å². The maximum absolute atomic E-state index is 13.4. The minimum Gasteiger partial charge on any atom is -0.495 e. The first-order chi connectivity index (χ1) is 12.7. The predicted molar refractivity (Wildman–Crippen MR) is 105 cm³/mol. The Hall–Kier alpha value is -1.16. The lowest BCUT2D eigenvalue weighted by Gasteiger charge is -2.39. The number of methoxy groups -OCH3 is 1. The van der Waals surface area contributed by atoms with Crippen molar-refractivity contribution in [3.8, 4) is 5.75 Å². The third-order valence-electron chi connectivity index (χ3n) is 5.62. The number of aryl methyl sites for hydroxylation is 1. The monoisotopic (exact) mass is 416 g/mol. The van der Waals surface area contributed by atoms with Crippen LogP contribution >= 0.6 is 0 Å². The van der Waals surface area contributed by atoms with E-state index in [1.165, 1.54) is 7.11 Å². The number of hydrogen-bond donors (Lipinski definition) is 0. The minimum atomic E-state index is -3.85. The van der Waals surface area contributed by atoms with Gasteiger partial charge in [0.25, 0.3) is 0 Å². The zero-order valence-corrected chi connectivity index (χ0v) is 17.7. The Balaban J connectivity index is 1.96. The van der Waals surface area contributed by atoms with Crippen molar-refractivity contribution in [2.45, 2.75) is 30.0 Å². The first kappa shape index (κ1) is 20.6. The van der Waals surface area contributed by atoms with Gasteiger partial charge in [0.2, 0.25) is 0 Å². The summed E-state index contributed by atoms with van der Waals surface area (Å²) in [6.45, 7) is 7.87. The molecule has 152 valence electrons. The molecule has 2 fully saturated rings. The second kappa shape index (κ2) is 7.69. The highest BCUT2D eigenvalue weighted by Gasteiger charge is 2.49. The summed E-state index contributed by atoms with van der Waals surface area (Å²) in [6, 6.07) is 4.47. The molecular formula is C18H28N2O5S2. The van der Waals surface area contributed by atoms with Crippen molar-refractivity contribution in [3.05, 3.63) is 23.8 Å². The minimum absolute atomic E-state index is 0.0873. The van der Waals surface area contributed by atoms with Gasteiger partial charge >= 0.3 is 0 Å². The van der Waals surface area contributed by atoms with Crippen LogP contribution in [0.5, 0.6) is 5.75 Å². The molecule has 3 rings (SSSR count). The Bertz CT molecular complexity index is 890. The highest BCUT2D eigenvalue weighted by atomic mass is 32.2. The molecule has 7 nitrogen and oxygen atoms in total. The van der Waals surface area contributed by atoms with E-state index in [0.717, 1.165) is 25.2 Å². The second-order valence-electron chi connectivity index (χ2n) is 7.35. The van der Waals surface area contributed by atoms with E-state index >= 15 is 0 Å². The maximum Gasteiger partial charge on any atom is 0.187 e. The quantitative estimate of drug-likeness (QED) is 0.694. The molecule has 2 heterocycles. The van der Waals surface area contributed by atoms with Gasteiger partial charge < -0.3 is 9.64 Å². The summed E-state index contributed by atoms with van der Waals surface area (Å²) in [5.74, 6) is -0.165. The van der Waals surface area contributed by atoms with E-state index in [1.54, 1.807) is 18.2 Å². The molecule has 1 aromatic carbocycles. The molecule has 0 saturated carbocycles. The second-order valence-corrected chi connectivity index (χ2v) is 11.6. The molecule has 2 aliphatic heterocycles. The van der Waals surface area contributed by atoms with Crippen LogP contribution in [-0.4, -0.2) is 89.3 Å². The van der Waals surface area contributed by atoms with Crippen LogP contribution in [0.15, 0.2) is 23.1 Å². The summed E-state index contributed by atoms with van der Waals surface area (Å²) < 4.78 is 56.9. The fourth-order valence-corrected chi connectivity index (χ4v) is 9.09. The van der Waals surface area contributed by atoms with Gasteiger partial charge in [-0.1, -0.05) is 13.0 Å². The Morgan fingerprint density at radius 1 is 1.15 bits per heavy atom. The molecule has 0 N–H and O–H groups in total. The van der Waals surface area contributed by atoms with E-state index in [9.17, 15) is 16.8 Å². The van der Waals surface area contributed by atoms with Crippen molar-refractivity contribution >= 4 is 19.7 Å². The van der Waals surface area contributed by atoms with Gasteiger partial charge in [-0.25, -0.2) is 16.8 Å². The number of piperazine rings is 1. The molecule has 0 aromatic heterocycles. The molecule has 1 aromatic rings. The molecule has 0 radical (unpaired) electrons. The van der Waals surface area contributed by atoms with E-state index < -0.39 is 31.0 Å². The zero-order valence-electron chi connectivity index (χ0n) is 16.1. The first-order valence-corrected chi connectivity index (χ1v) is 12.6. The maximum atomic E-state index is 13.4. The number of likely N-dealkylation sites (N-methyl/N-ethyl adjacent to an activating group) is 1. The molecule has 2 saturated heterocycles. The van der Waals surface area contributed by atoms with Crippen molar-refractivity contribution in [1.29, 1.82) is 0 Å². The molecule has 9 heteroatoms. The largest absolute Gasteiger partial charge is 0.495 e. The van der Waals surface area contributed by atoms with Crippen molar-refractivity contribution in [2.75, 3.05) is 51.3 Å². The average Bonchev–Trinajstić information content (AvgIpc) is 2.98. The Morgan fingerprint density at radius 2 is 1.81 bits per heavy atom. The molecule has 0 spiro atoms. The van der Waals surface area contributed by atoms with Crippen molar-refractivity contribution in [2.24, 2.45) is 0 Å². The number of nitrogens with zero attached hydrogens (tertiary/aromatic N) is 2. The fourth-order valence-electron chi connectivity index (χ4n) is 4.01. The molecule has 27 heavy (non-hydrogen) atoms. The van der Waals surface area contributed by atoms with Crippen LogP contribution in [0, 0.1) is 6.92 Å². The van der Waals surface area contributed by atoms with Gasteiger partial charge in [0, 0.05) is 32.2 Å².